The van der Waals surface area contributed by atoms with E-state index < -0.39 is 0 Å². The van der Waals surface area contributed by atoms with Crippen molar-refractivity contribution >= 4 is 17.5 Å². The van der Waals surface area contributed by atoms with Gasteiger partial charge < -0.3 is 9.64 Å². The van der Waals surface area contributed by atoms with E-state index in [2.05, 4.69) is 10.3 Å². The van der Waals surface area contributed by atoms with Gasteiger partial charge in [-0.15, -0.1) is 5.10 Å². The number of halogens is 1. The normalized spacial score (nSPS) is 18.3. The molecule has 1 aromatic carbocycles. The van der Waals surface area contributed by atoms with Gasteiger partial charge in [0.2, 0.25) is 5.91 Å². The van der Waals surface area contributed by atoms with Gasteiger partial charge in [-0.25, -0.2) is 4.68 Å². The molecule has 2 heterocycles. The lowest BCUT2D eigenvalue weighted by molar-refractivity contribution is -0.139. The molecular formula is C17H21ClN4O2. The number of carbonyl (C=O) groups excluding carboxylic acids is 1. The van der Waals surface area contributed by atoms with Gasteiger partial charge in [-0.05, 0) is 38.8 Å². The molecule has 0 bridgehead atoms. The maximum atomic E-state index is 12.7. The third kappa shape index (κ3) is 3.11. The first kappa shape index (κ1) is 16.8. The molecule has 1 saturated heterocycles. The molecule has 0 spiro atoms. The summed E-state index contributed by atoms with van der Waals surface area (Å²) in [5, 5.41) is 8.94. The van der Waals surface area contributed by atoms with E-state index in [1.807, 2.05) is 37.1 Å². The number of ether oxygens (including phenoxy) is 1. The number of amides is 1. The molecular weight excluding hydrogens is 328 g/mol. The first-order valence-electron chi connectivity index (χ1n) is 8.07. The number of hydrogen-bond acceptors (Lipinski definition) is 4. The van der Waals surface area contributed by atoms with Crippen molar-refractivity contribution in [2.24, 2.45) is 0 Å². The minimum Gasteiger partial charge on any atom is -0.495 e. The fourth-order valence-electron chi connectivity index (χ4n) is 3.02. The molecule has 1 aromatic heterocycles. The summed E-state index contributed by atoms with van der Waals surface area (Å²) in [6.07, 6.45) is 3.57. The number of aromatic nitrogens is 3. The Bertz CT molecular complexity index is 744. The van der Waals surface area contributed by atoms with Crippen LogP contribution in [0.15, 0.2) is 24.4 Å². The molecule has 128 valence electrons. The van der Waals surface area contributed by atoms with Crippen LogP contribution >= 0.6 is 11.6 Å². The van der Waals surface area contributed by atoms with E-state index in [4.69, 9.17) is 16.3 Å². The first-order valence-corrected chi connectivity index (χ1v) is 8.45. The summed E-state index contributed by atoms with van der Waals surface area (Å²) in [6.45, 7) is 4.88. The number of rotatable bonds is 4. The van der Waals surface area contributed by atoms with Crippen LogP contribution in [0.1, 0.15) is 32.7 Å². The lowest BCUT2D eigenvalue weighted by atomic mass is 10.0. The van der Waals surface area contributed by atoms with Gasteiger partial charge in [-0.3, -0.25) is 4.79 Å². The van der Waals surface area contributed by atoms with Gasteiger partial charge in [0.1, 0.15) is 17.5 Å². The second-order valence-corrected chi connectivity index (χ2v) is 6.62. The van der Waals surface area contributed by atoms with Gasteiger partial charge in [0.05, 0.1) is 18.3 Å². The van der Waals surface area contributed by atoms with Crippen molar-refractivity contribution < 1.29 is 9.53 Å². The molecule has 1 amide bonds. The number of methoxy groups -OCH3 is 1. The number of carbonyl (C=O) groups is 1. The average Bonchev–Trinajstić information content (AvgIpc) is 3.05. The van der Waals surface area contributed by atoms with Crippen molar-refractivity contribution in [3.8, 4) is 17.0 Å². The fraction of sp³-hybridized carbons (Fsp3) is 0.471. The van der Waals surface area contributed by atoms with Crippen LogP contribution in [0.2, 0.25) is 5.02 Å². The topological polar surface area (TPSA) is 60.2 Å². The molecule has 2 aromatic rings. The van der Waals surface area contributed by atoms with Crippen LogP contribution in [-0.4, -0.2) is 45.5 Å². The molecule has 0 N–H and O–H groups in total. The molecule has 3 rings (SSSR count). The molecule has 1 fully saturated rings. The maximum absolute atomic E-state index is 12.7. The van der Waals surface area contributed by atoms with Crippen molar-refractivity contribution in [3.63, 3.8) is 0 Å². The standard InChI is InChI=1S/C17H21ClN4O2/c1-11(2)21-8-4-5-15(17(21)23)22-10-14(19-20-22)12-6-7-13(18)16(9-12)24-3/h6-7,9-11,15H,4-5,8H2,1-3H3. The molecule has 6 nitrogen and oxygen atoms in total. The predicted molar refractivity (Wildman–Crippen MR) is 92.1 cm³/mol. The van der Waals surface area contributed by atoms with Crippen LogP contribution in [0.25, 0.3) is 11.3 Å². The summed E-state index contributed by atoms with van der Waals surface area (Å²) in [6, 6.07) is 5.36. The second-order valence-electron chi connectivity index (χ2n) is 6.22. The summed E-state index contributed by atoms with van der Waals surface area (Å²) in [4.78, 5) is 14.6. The minimum absolute atomic E-state index is 0.112. The van der Waals surface area contributed by atoms with E-state index in [1.165, 1.54) is 0 Å². The van der Waals surface area contributed by atoms with Crippen molar-refractivity contribution in [1.29, 1.82) is 0 Å². The molecule has 1 unspecified atom stereocenters. The third-order valence-corrected chi connectivity index (χ3v) is 4.66. The first-order chi connectivity index (χ1) is 11.5. The van der Waals surface area contributed by atoms with Crippen LogP contribution in [0.4, 0.5) is 0 Å². The number of likely N-dealkylation sites (tertiary alicyclic amines) is 1. The fourth-order valence-corrected chi connectivity index (χ4v) is 3.21. The van der Waals surface area contributed by atoms with Gasteiger partial charge in [0.15, 0.2) is 0 Å². The Morgan fingerprint density at radius 3 is 2.88 bits per heavy atom. The molecule has 1 aliphatic rings. The number of benzene rings is 1. The highest BCUT2D eigenvalue weighted by molar-refractivity contribution is 6.32. The quantitative estimate of drug-likeness (QED) is 0.851. The Morgan fingerprint density at radius 2 is 2.17 bits per heavy atom. The zero-order valence-electron chi connectivity index (χ0n) is 14.1. The van der Waals surface area contributed by atoms with Gasteiger partial charge in [0.25, 0.3) is 0 Å². The molecule has 0 radical (unpaired) electrons. The number of hydrogen-bond donors (Lipinski definition) is 0. The van der Waals surface area contributed by atoms with E-state index in [0.717, 1.165) is 24.9 Å². The maximum Gasteiger partial charge on any atom is 0.247 e. The summed E-state index contributed by atoms with van der Waals surface area (Å²) in [7, 11) is 1.57. The third-order valence-electron chi connectivity index (χ3n) is 4.34. The zero-order chi connectivity index (χ0) is 17.3. The molecule has 24 heavy (non-hydrogen) atoms. The van der Waals surface area contributed by atoms with E-state index in [1.54, 1.807) is 17.9 Å². The Balaban J connectivity index is 1.86. The van der Waals surface area contributed by atoms with Gasteiger partial charge in [-0.2, -0.15) is 0 Å². The lowest BCUT2D eigenvalue weighted by Gasteiger charge is -2.34. The summed E-state index contributed by atoms with van der Waals surface area (Å²) < 4.78 is 6.91. The van der Waals surface area contributed by atoms with E-state index in [9.17, 15) is 4.79 Å². The van der Waals surface area contributed by atoms with Crippen molar-refractivity contribution in [3.05, 3.63) is 29.4 Å². The smallest absolute Gasteiger partial charge is 0.247 e. The molecule has 0 saturated carbocycles. The van der Waals surface area contributed by atoms with Crippen LogP contribution < -0.4 is 4.74 Å². The van der Waals surface area contributed by atoms with E-state index >= 15 is 0 Å². The van der Waals surface area contributed by atoms with Crippen molar-refractivity contribution in [1.82, 2.24) is 19.9 Å². The van der Waals surface area contributed by atoms with Crippen LogP contribution in [-0.2, 0) is 4.79 Å². The summed E-state index contributed by atoms with van der Waals surface area (Å²) >= 11 is 6.06. The lowest BCUT2D eigenvalue weighted by Crippen LogP contribution is -2.45. The minimum atomic E-state index is -0.281. The van der Waals surface area contributed by atoms with Gasteiger partial charge >= 0.3 is 0 Å². The van der Waals surface area contributed by atoms with Gasteiger partial charge in [0, 0.05) is 18.2 Å². The Labute approximate surface area is 146 Å². The van der Waals surface area contributed by atoms with E-state index in [-0.39, 0.29) is 18.0 Å². The summed E-state index contributed by atoms with van der Waals surface area (Å²) in [5.74, 6) is 0.699. The monoisotopic (exact) mass is 348 g/mol. The highest BCUT2D eigenvalue weighted by Crippen LogP contribution is 2.30. The Kier molecular flexibility index (Phi) is 4.76. The van der Waals surface area contributed by atoms with Crippen LogP contribution in [0, 0.1) is 0 Å². The second kappa shape index (κ2) is 6.81. The Hall–Kier alpha value is -2.08. The molecule has 1 aliphatic heterocycles. The van der Waals surface area contributed by atoms with Crippen LogP contribution in [0.5, 0.6) is 5.75 Å². The Morgan fingerprint density at radius 1 is 1.38 bits per heavy atom. The largest absolute Gasteiger partial charge is 0.495 e. The molecule has 7 heteroatoms. The molecule has 1 atom stereocenters. The molecule has 0 aliphatic carbocycles. The highest BCUT2D eigenvalue weighted by Gasteiger charge is 2.32. The SMILES string of the molecule is COc1cc(-c2cn(C3CCCN(C(C)C)C3=O)nn2)ccc1Cl. The summed E-state index contributed by atoms with van der Waals surface area (Å²) in [5.41, 5.74) is 1.55. The number of piperidine rings is 1. The zero-order valence-corrected chi connectivity index (χ0v) is 14.8. The predicted octanol–water partition coefficient (Wildman–Crippen LogP) is 3.18. The van der Waals surface area contributed by atoms with Crippen molar-refractivity contribution in [2.45, 2.75) is 38.8 Å². The van der Waals surface area contributed by atoms with Crippen LogP contribution in [0.3, 0.4) is 0 Å². The van der Waals surface area contributed by atoms with Gasteiger partial charge in [-0.1, -0.05) is 22.9 Å². The van der Waals surface area contributed by atoms with E-state index in [0.29, 0.717) is 16.5 Å². The average molecular weight is 349 g/mol. The highest BCUT2D eigenvalue weighted by atomic mass is 35.5. The van der Waals surface area contributed by atoms with Crippen molar-refractivity contribution in [2.75, 3.05) is 13.7 Å². The number of nitrogens with zero attached hydrogens (tertiary/aromatic N) is 4.